The lowest BCUT2D eigenvalue weighted by Gasteiger charge is -2.44. The Kier molecular flexibility index (Phi) is 4.34. The lowest BCUT2D eigenvalue weighted by molar-refractivity contribution is 0.143. The molecule has 3 nitrogen and oxygen atoms in total. The van der Waals surface area contributed by atoms with Crippen LogP contribution in [-0.4, -0.2) is 22.6 Å². The van der Waals surface area contributed by atoms with Crippen molar-refractivity contribution < 1.29 is 0 Å². The minimum absolute atomic E-state index is 0.132. The second kappa shape index (κ2) is 5.66. The first-order chi connectivity index (χ1) is 9.00. The molecule has 0 spiro atoms. The number of hydrogen-bond acceptors (Lipinski definition) is 2. The van der Waals surface area contributed by atoms with Crippen LogP contribution in [0.4, 0.5) is 0 Å². The molecule has 108 valence electrons. The highest BCUT2D eigenvalue weighted by atomic mass is 15.1. The van der Waals surface area contributed by atoms with Crippen molar-refractivity contribution in [3.63, 3.8) is 0 Å². The highest BCUT2D eigenvalue weighted by Gasteiger charge is 2.41. The number of rotatable bonds is 4. The Bertz CT molecular complexity index is 408. The van der Waals surface area contributed by atoms with Gasteiger partial charge >= 0.3 is 0 Å². The van der Waals surface area contributed by atoms with Crippen LogP contribution in [0.15, 0.2) is 12.4 Å². The second-order valence-corrected chi connectivity index (χ2v) is 6.68. The fourth-order valence-electron chi connectivity index (χ4n) is 3.85. The predicted molar refractivity (Wildman–Crippen MR) is 80.3 cm³/mol. The molecule has 1 aliphatic rings. The first kappa shape index (κ1) is 14.6. The van der Waals surface area contributed by atoms with Gasteiger partial charge in [0.15, 0.2) is 0 Å². The van der Waals surface area contributed by atoms with E-state index in [0.29, 0.717) is 12.0 Å². The number of nitrogens with zero attached hydrogens (tertiary/aromatic N) is 2. The number of nitrogens with one attached hydrogen (secondary N) is 1. The Morgan fingerprint density at radius 2 is 2.16 bits per heavy atom. The average Bonchev–Trinajstić information content (AvgIpc) is 2.87. The van der Waals surface area contributed by atoms with Gasteiger partial charge in [0.25, 0.3) is 0 Å². The van der Waals surface area contributed by atoms with Crippen LogP contribution in [0.1, 0.15) is 52.8 Å². The van der Waals surface area contributed by atoms with Gasteiger partial charge < -0.3 is 9.88 Å². The summed E-state index contributed by atoms with van der Waals surface area (Å²) in [7, 11) is 2.11. The molecule has 1 aromatic rings. The first-order valence-electron chi connectivity index (χ1n) is 7.69. The third-order valence-corrected chi connectivity index (χ3v) is 5.04. The number of aryl methyl sites for hydroxylation is 1. The van der Waals surface area contributed by atoms with E-state index in [2.05, 4.69) is 55.8 Å². The molecule has 1 aromatic heterocycles. The van der Waals surface area contributed by atoms with Crippen LogP contribution in [0.3, 0.4) is 0 Å². The maximum atomic E-state index is 4.66. The van der Waals surface area contributed by atoms with Crippen LogP contribution in [0, 0.1) is 11.8 Å². The Labute approximate surface area is 117 Å². The van der Waals surface area contributed by atoms with Crippen molar-refractivity contribution in [2.45, 2.75) is 65.0 Å². The minimum atomic E-state index is 0.132. The summed E-state index contributed by atoms with van der Waals surface area (Å²) in [5.41, 5.74) is 0.132. The third-order valence-electron chi connectivity index (χ3n) is 5.04. The van der Waals surface area contributed by atoms with Crippen molar-refractivity contribution in [2.24, 2.45) is 11.8 Å². The van der Waals surface area contributed by atoms with E-state index in [4.69, 9.17) is 0 Å². The Balaban J connectivity index is 2.27. The van der Waals surface area contributed by atoms with Crippen LogP contribution in [0.25, 0.3) is 0 Å². The molecule has 1 fully saturated rings. The molecule has 0 radical (unpaired) electrons. The van der Waals surface area contributed by atoms with E-state index in [1.165, 1.54) is 25.1 Å². The highest BCUT2D eigenvalue weighted by Crippen LogP contribution is 2.41. The van der Waals surface area contributed by atoms with Crippen LogP contribution in [0.5, 0.6) is 0 Å². The van der Waals surface area contributed by atoms with Crippen LogP contribution < -0.4 is 5.32 Å². The molecule has 1 N–H and O–H groups in total. The minimum Gasteiger partial charge on any atom is -0.335 e. The maximum Gasteiger partial charge on any atom is 0.114 e. The quantitative estimate of drug-likeness (QED) is 0.904. The van der Waals surface area contributed by atoms with Gasteiger partial charge in [-0.1, -0.05) is 27.2 Å². The molecule has 0 amide bonds. The largest absolute Gasteiger partial charge is 0.335 e. The van der Waals surface area contributed by atoms with Gasteiger partial charge in [-0.15, -0.1) is 0 Å². The molecule has 0 aliphatic heterocycles. The Morgan fingerprint density at radius 1 is 1.42 bits per heavy atom. The van der Waals surface area contributed by atoms with Gasteiger partial charge in [-0.3, -0.25) is 0 Å². The summed E-state index contributed by atoms with van der Waals surface area (Å²) in [6.07, 6.45) is 7.99. The number of imidazole rings is 1. The zero-order valence-electron chi connectivity index (χ0n) is 13.1. The molecule has 0 aromatic carbocycles. The first-order valence-corrected chi connectivity index (χ1v) is 7.69. The summed E-state index contributed by atoms with van der Waals surface area (Å²) in [5.74, 6) is 2.76. The van der Waals surface area contributed by atoms with Crippen molar-refractivity contribution in [3.8, 4) is 0 Å². The number of aromatic nitrogens is 2. The SMILES string of the molecule is CCn1ccnc1C(C)(C)C1CCC(C)CC1NC. The molecule has 3 heteroatoms. The summed E-state index contributed by atoms with van der Waals surface area (Å²) < 4.78 is 2.30. The fraction of sp³-hybridized carbons (Fsp3) is 0.812. The molecular formula is C16H29N3. The molecule has 1 heterocycles. The zero-order chi connectivity index (χ0) is 14.0. The van der Waals surface area contributed by atoms with Crippen molar-refractivity contribution in [2.75, 3.05) is 7.05 Å². The smallest absolute Gasteiger partial charge is 0.114 e. The van der Waals surface area contributed by atoms with Gasteiger partial charge in [0, 0.05) is 30.4 Å². The van der Waals surface area contributed by atoms with E-state index in [9.17, 15) is 0 Å². The zero-order valence-corrected chi connectivity index (χ0v) is 13.1. The molecule has 0 bridgehead atoms. The fourth-order valence-corrected chi connectivity index (χ4v) is 3.85. The van der Waals surface area contributed by atoms with E-state index in [-0.39, 0.29) is 5.41 Å². The van der Waals surface area contributed by atoms with Crippen molar-refractivity contribution >= 4 is 0 Å². The van der Waals surface area contributed by atoms with Crippen LogP contribution in [0.2, 0.25) is 0 Å². The molecule has 19 heavy (non-hydrogen) atoms. The molecule has 3 unspecified atom stereocenters. The van der Waals surface area contributed by atoms with Gasteiger partial charge in [0.2, 0.25) is 0 Å². The lowest BCUT2D eigenvalue weighted by Crippen LogP contribution is -2.48. The topological polar surface area (TPSA) is 29.9 Å². The van der Waals surface area contributed by atoms with Gasteiger partial charge in [-0.2, -0.15) is 0 Å². The normalized spacial score (nSPS) is 28.6. The standard InChI is InChI=1S/C16H29N3/c1-6-19-10-9-18-15(19)16(3,4)13-8-7-12(2)11-14(13)17-5/h9-10,12-14,17H,6-8,11H2,1-5H3. The molecule has 2 rings (SSSR count). The van der Waals surface area contributed by atoms with Crippen LogP contribution in [-0.2, 0) is 12.0 Å². The van der Waals surface area contributed by atoms with E-state index in [1.54, 1.807) is 0 Å². The van der Waals surface area contributed by atoms with Crippen molar-refractivity contribution in [1.82, 2.24) is 14.9 Å². The monoisotopic (exact) mass is 263 g/mol. The summed E-state index contributed by atoms with van der Waals surface area (Å²) in [6, 6.07) is 0.612. The van der Waals surface area contributed by atoms with Gasteiger partial charge in [0.1, 0.15) is 5.82 Å². The van der Waals surface area contributed by atoms with Crippen LogP contribution >= 0.6 is 0 Å². The third kappa shape index (κ3) is 2.71. The summed E-state index contributed by atoms with van der Waals surface area (Å²) in [6.45, 7) is 10.3. The van der Waals surface area contributed by atoms with E-state index in [0.717, 1.165) is 12.5 Å². The van der Waals surface area contributed by atoms with Gasteiger partial charge in [-0.25, -0.2) is 4.98 Å². The second-order valence-electron chi connectivity index (χ2n) is 6.68. The highest BCUT2D eigenvalue weighted by molar-refractivity contribution is 5.12. The Hall–Kier alpha value is -0.830. The summed E-state index contributed by atoms with van der Waals surface area (Å²) in [5, 5.41) is 3.55. The van der Waals surface area contributed by atoms with Crippen molar-refractivity contribution in [1.29, 1.82) is 0 Å². The molecular weight excluding hydrogens is 234 g/mol. The lowest BCUT2D eigenvalue weighted by atomic mass is 9.66. The van der Waals surface area contributed by atoms with Gasteiger partial charge in [0.05, 0.1) is 0 Å². The van der Waals surface area contributed by atoms with Crippen molar-refractivity contribution in [3.05, 3.63) is 18.2 Å². The van der Waals surface area contributed by atoms with Gasteiger partial charge in [-0.05, 0) is 38.6 Å². The molecule has 3 atom stereocenters. The molecule has 1 aliphatic carbocycles. The Morgan fingerprint density at radius 3 is 2.79 bits per heavy atom. The molecule has 0 saturated heterocycles. The molecule has 1 saturated carbocycles. The maximum absolute atomic E-state index is 4.66. The van der Waals surface area contributed by atoms with E-state index < -0.39 is 0 Å². The summed E-state index contributed by atoms with van der Waals surface area (Å²) >= 11 is 0. The predicted octanol–water partition coefficient (Wildman–Crippen LogP) is 3.20. The summed E-state index contributed by atoms with van der Waals surface area (Å²) in [4.78, 5) is 4.66. The van der Waals surface area contributed by atoms with E-state index >= 15 is 0 Å². The average molecular weight is 263 g/mol. The van der Waals surface area contributed by atoms with E-state index in [1.807, 2.05) is 6.20 Å². The number of hydrogen-bond donors (Lipinski definition) is 1.